The number of nitro groups is 1. The summed E-state index contributed by atoms with van der Waals surface area (Å²) in [6.07, 6.45) is 6.73. The van der Waals surface area contributed by atoms with Gasteiger partial charge in [0.05, 0.1) is 12.0 Å². The number of nitrogens with zero attached hydrogens (tertiary/aromatic N) is 5. The summed E-state index contributed by atoms with van der Waals surface area (Å²) in [6, 6.07) is 7.45. The van der Waals surface area contributed by atoms with Crippen LogP contribution in [0.1, 0.15) is 30.3 Å². The highest BCUT2D eigenvalue weighted by molar-refractivity contribution is 5.58. The van der Waals surface area contributed by atoms with Gasteiger partial charge in [-0.2, -0.15) is 4.98 Å². The van der Waals surface area contributed by atoms with Crippen LogP contribution in [0.2, 0.25) is 0 Å². The molecule has 1 unspecified atom stereocenters. The van der Waals surface area contributed by atoms with Gasteiger partial charge in [0.25, 0.3) is 0 Å². The topological polar surface area (TPSA) is 120 Å². The summed E-state index contributed by atoms with van der Waals surface area (Å²) >= 11 is 0. The number of benzene rings is 1. The molecular weight excluding hydrogens is 374 g/mol. The molecule has 2 N–H and O–H groups in total. The van der Waals surface area contributed by atoms with Crippen molar-refractivity contribution < 1.29 is 9.66 Å². The molecule has 0 bridgehead atoms. The molecule has 1 aromatic carbocycles. The molecule has 0 spiro atoms. The van der Waals surface area contributed by atoms with Crippen molar-refractivity contribution in [3.8, 4) is 5.75 Å². The molecule has 1 saturated carbocycles. The first-order valence-electron chi connectivity index (χ1n) is 9.21. The van der Waals surface area contributed by atoms with Gasteiger partial charge in [0.15, 0.2) is 0 Å². The van der Waals surface area contributed by atoms with Crippen LogP contribution in [0.15, 0.2) is 42.9 Å². The molecule has 2 heterocycles. The molecule has 0 amide bonds. The van der Waals surface area contributed by atoms with Crippen molar-refractivity contribution in [3.63, 3.8) is 0 Å². The highest BCUT2D eigenvalue weighted by atomic mass is 16.6. The van der Waals surface area contributed by atoms with Crippen molar-refractivity contribution >= 4 is 17.5 Å². The summed E-state index contributed by atoms with van der Waals surface area (Å²) in [5.74, 6) is 1.95. The molecule has 10 nitrogen and oxygen atoms in total. The maximum absolute atomic E-state index is 11.3. The summed E-state index contributed by atoms with van der Waals surface area (Å²) in [5.41, 5.74) is 0.759. The fraction of sp³-hybridized carbons (Fsp3) is 0.316. The molecule has 3 aromatic rings. The number of hydrogen-bond donors (Lipinski definition) is 2. The minimum absolute atomic E-state index is 0.141. The van der Waals surface area contributed by atoms with Crippen LogP contribution < -0.4 is 15.4 Å². The van der Waals surface area contributed by atoms with Crippen LogP contribution in [0, 0.1) is 10.1 Å². The van der Waals surface area contributed by atoms with Crippen LogP contribution in [-0.2, 0) is 7.05 Å². The third-order valence-corrected chi connectivity index (χ3v) is 4.70. The molecule has 150 valence electrons. The quantitative estimate of drug-likeness (QED) is 0.441. The number of imidazole rings is 1. The molecule has 10 heteroatoms. The highest BCUT2D eigenvalue weighted by Crippen LogP contribution is 2.31. The van der Waals surface area contributed by atoms with Crippen LogP contribution in [-0.4, -0.2) is 37.6 Å². The first-order chi connectivity index (χ1) is 14.0. The molecule has 29 heavy (non-hydrogen) atoms. The molecule has 2 aromatic heterocycles. The second-order valence-electron chi connectivity index (χ2n) is 6.85. The largest absolute Gasteiger partial charge is 0.497 e. The third-order valence-electron chi connectivity index (χ3n) is 4.70. The smallest absolute Gasteiger partial charge is 0.329 e. The van der Waals surface area contributed by atoms with E-state index in [0.29, 0.717) is 5.75 Å². The molecule has 1 atom stereocenters. The van der Waals surface area contributed by atoms with E-state index in [9.17, 15) is 10.1 Å². The zero-order chi connectivity index (χ0) is 20.4. The minimum atomic E-state index is -0.479. The predicted molar refractivity (Wildman–Crippen MR) is 107 cm³/mol. The number of ether oxygens (including phenoxy) is 1. The average molecular weight is 395 g/mol. The molecule has 4 rings (SSSR count). The normalized spacial score (nSPS) is 14.3. The minimum Gasteiger partial charge on any atom is -0.497 e. The van der Waals surface area contributed by atoms with Crippen molar-refractivity contribution in [2.24, 2.45) is 7.05 Å². The van der Waals surface area contributed by atoms with Gasteiger partial charge in [-0.25, -0.2) is 9.97 Å². The van der Waals surface area contributed by atoms with Gasteiger partial charge in [-0.3, -0.25) is 10.1 Å². The van der Waals surface area contributed by atoms with Crippen LogP contribution >= 0.6 is 0 Å². The van der Waals surface area contributed by atoms with Gasteiger partial charge < -0.3 is 19.9 Å². The van der Waals surface area contributed by atoms with Gasteiger partial charge in [0.2, 0.25) is 11.8 Å². The van der Waals surface area contributed by atoms with Gasteiger partial charge in [-0.15, -0.1) is 0 Å². The summed E-state index contributed by atoms with van der Waals surface area (Å²) in [4.78, 5) is 23.8. The van der Waals surface area contributed by atoms with Crippen molar-refractivity contribution in [3.05, 3.63) is 64.4 Å². The number of anilines is 2. The SMILES string of the molecule is COc1cccc(C(Nc2ncc([N+](=O)[O-])c(NC3CC3)n2)c2nccn2C)c1. The van der Waals surface area contributed by atoms with E-state index in [1.54, 1.807) is 13.3 Å². The Labute approximate surface area is 167 Å². The van der Waals surface area contributed by atoms with Crippen LogP contribution in [0.5, 0.6) is 5.75 Å². The molecular formula is C19H21N7O3. The van der Waals surface area contributed by atoms with Crippen molar-refractivity contribution in [2.75, 3.05) is 17.7 Å². The van der Waals surface area contributed by atoms with Crippen LogP contribution in [0.4, 0.5) is 17.5 Å². The van der Waals surface area contributed by atoms with E-state index in [0.717, 1.165) is 24.2 Å². The van der Waals surface area contributed by atoms with E-state index >= 15 is 0 Å². The van der Waals surface area contributed by atoms with Crippen molar-refractivity contribution in [1.82, 2.24) is 19.5 Å². The number of methoxy groups -OCH3 is 1. The molecule has 1 aliphatic carbocycles. The Morgan fingerprint density at radius 1 is 1.34 bits per heavy atom. The van der Waals surface area contributed by atoms with Gasteiger partial charge in [0, 0.05) is 25.5 Å². The van der Waals surface area contributed by atoms with Gasteiger partial charge in [0.1, 0.15) is 23.8 Å². The Hall–Kier alpha value is -3.69. The molecule has 0 radical (unpaired) electrons. The zero-order valence-electron chi connectivity index (χ0n) is 16.1. The lowest BCUT2D eigenvalue weighted by atomic mass is 10.1. The maximum Gasteiger partial charge on any atom is 0.329 e. The van der Waals surface area contributed by atoms with Crippen molar-refractivity contribution in [1.29, 1.82) is 0 Å². The Balaban J connectivity index is 1.70. The van der Waals surface area contributed by atoms with Gasteiger partial charge in [-0.1, -0.05) is 12.1 Å². The Morgan fingerprint density at radius 3 is 2.83 bits per heavy atom. The van der Waals surface area contributed by atoms with E-state index in [1.165, 1.54) is 6.20 Å². The number of aromatic nitrogens is 4. The summed E-state index contributed by atoms with van der Waals surface area (Å²) in [5, 5.41) is 17.7. The van der Waals surface area contributed by atoms with E-state index in [-0.39, 0.29) is 29.5 Å². The first kappa shape index (κ1) is 18.7. The average Bonchev–Trinajstić information content (AvgIpc) is 3.44. The fourth-order valence-electron chi connectivity index (χ4n) is 3.01. The highest BCUT2D eigenvalue weighted by Gasteiger charge is 2.27. The summed E-state index contributed by atoms with van der Waals surface area (Å²) in [6.45, 7) is 0. The summed E-state index contributed by atoms with van der Waals surface area (Å²) in [7, 11) is 3.51. The molecule has 0 saturated heterocycles. The van der Waals surface area contributed by atoms with E-state index in [4.69, 9.17) is 4.74 Å². The van der Waals surface area contributed by atoms with E-state index in [1.807, 2.05) is 42.1 Å². The van der Waals surface area contributed by atoms with Gasteiger partial charge >= 0.3 is 5.69 Å². The number of nitrogens with one attached hydrogen (secondary N) is 2. The summed E-state index contributed by atoms with van der Waals surface area (Å²) < 4.78 is 7.24. The zero-order valence-corrected chi connectivity index (χ0v) is 16.1. The Bertz CT molecular complexity index is 1030. The van der Waals surface area contributed by atoms with Gasteiger partial charge in [-0.05, 0) is 30.5 Å². The van der Waals surface area contributed by atoms with Crippen LogP contribution in [0.3, 0.4) is 0 Å². The molecule has 0 aliphatic heterocycles. The van der Waals surface area contributed by atoms with Crippen LogP contribution in [0.25, 0.3) is 0 Å². The number of rotatable bonds is 8. The first-order valence-corrected chi connectivity index (χ1v) is 9.21. The number of hydrogen-bond acceptors (Lipinski definition) is 8. The molecule has 1 fully saturated rings. The van der Waals surface area contributed by atoms with E-state index < -0.39 is 4.92 Å². The second-order valence-corrected chi connectivity index (χ2v) is 6.85. The maximum atomic E-state index is 11.3. The lowest BCUT2D eigenvalue weighted by Crippen LogP contribution is -2.19. The van der Waals surface area contributed by atoms with E-state index in [2.05, 4.69) is 25.6 Å². The monoisotopic (exact) mass is 395 g/mol. The fourth-order valence-corrected chi connectivity index (χ4v) is 3.01. The lowest BCUT2D eigenvalue weighted by molar-refractivity contribution is -0.384. The third kappa shape index (κ3) is 4.10. The standard InChI is InChI=1S/C19H21N7O3/c1-25-9-8-20-18(25)16(12-4-3-5-14(10-12)29-2)23-19-21-11-15(26(27)28)17(24-19)22-13-6-7-13/h3-5,8-11,13,16H,6-7H2,1-2H3,(H2,21,22,23,24). The Morgan fingerprint density at radius 2 is 2.17 bits per heavy atom. The van der Waals surface area contributed by atoms with Crippen molar-refractivity contribution in [2.45, 2.75) is 24.9 Å². The molecule has 1 aliphatic rings. The predicted octanol–water partition coefficient (Wildman–Crippen LogP) is 2.90. The Kier molecular flexibility index (Phi) is 4.98. The number of aryl methyl sites for hydroxylation is 1. The lowest BCUT2D eigenvalue weighted by Gasteiger charge is -2.20. The second kappa shape index (κ2) is 7.74.